The summed E-state index contributed by atoms with van der Waals surface area (Å²) in [5.74, 6) is 1.71. The van der Waals surface area contributed by atoms with Gasteiger partial charge in [-0.1, -0.05) is 0 Å². The summed E-state index contributed by atoms with van der Waals surface area (Å²) in [6.07, 6.45) is 4.61. The van der Waals surface area contributed by atoms with Gasteiger partial charge in [-0.15, -0.1) is 0 Å². The minimum Gasteiger partial charge on any atom is -0.396 e. The normalized spacial score (nSPS) is 19.3. The Kier molecular flexibility index (Phi) is 3.75. The second-order valence-corrected chi connectivity index (χ2v) is 5.17. The summed E-state index contributed by atoms with van der Waals surface area (Å²) in [6, 6.07) is 3.93. The van der Waals surface area contributed by atoms with E-state index in [1.165, 1.54) is 6.42 Å². The molecule has 0 radical (unpaired) electrons. The quantitative estimate of drug-likeness (QED) is 0.840. The average Bonchev–Trinajstić information content (AvgIpc) is 3.06. The molecule has 3 rings (SSSR count). The molecule has 19 heavy (non-hydrogen) atoms. The number of aliphatic hydroxyl groups excluding tert-OH is 1. The predicted molar refractivity (Wildman–Crippen MR) is 73.9 cm³/mol. The molecule has 0 saturated carbocycles. The topological polar surface area (TPSA) is 63.0 Å². The number of hydrogen-bond donors (Lipinski definition) is 2. The number of hydrogen-bond acceptors (Lipinski definition) is 4. The number of aliphatic hydroxyl groups is 1. The zero-order valence-electron chi connectivity index (χ0n) is 11.0. The van der Waals surface area contributed by atoms with E-state index < -0.39 is 0 Å². The van der Waals surface area contributed by atoms with Crippen molar-refractivity contribution >= 4 is 11.2 Å². The highest BCUT2D eigenvalue weighted by Crippen LogP contribution is 2.19. The minimum absolute atomic E-state index is 0.210. The molecule has 2 aromatic heterocycles. The maximum Gasteiger partial charge on any atom is 0.159 e. The molecule has 5 heteroatoms. The highest BCUT2D eigenvalue weighted by atomic mass is 16.2. The lowest BCUT2D eigenvalue weighted by atomic mass is 10.1. The van der Waals surface area contributed by atoms with Crippen molar-refractivity contribution in [2.75, 3.05) is 19.7 Å². The van der Waals surface area contributed by atoms with Gasteiger partial charge in [0.05, 0.1) is 0 Å². The first kappa shape index (κ1) is 12.6. The molecule has 1 unspecified atom stereocenters. The predicted octanol–water partition coefficient (Wildman–Crippen LogP) is 0.966. The van der Waals surface area contributed by atoms with Crippen molar-refractivity contribution in [3.8, 4) is 0 Å². The molecule has 0 aliphatic carbocycles. The van der Waals surface area contributed by atoms with Crippen molar-refractivity contribution in [2.45, 2.75) is 25.8 Å². The Morgan fingerprint density at radius 3 is 3.21 bits per heavy atom. The van der Waals surface area contributed by atoms with Crippen molar-refractivity contribution in [1.82, 2.24) is 19.9 Å². The van der Waals surface area contributed by atoms with Gasteiger partial charge in [0, 0.05) is 25.8 Å². The number of aryl methyl sites for hydroxylation is 1. The third-order valence-corrected chi connectivity index (χ3v) is 3.74. The molecule has 0 bridgehead atoms. The summed E-state index contributed by atoms with van der Waals surface area (Å²) in [7, 11) is 0. The van der Waals surface area contributed by atoms with E-state index in [1.807, 2.05) is 18.3 Å². The number of imidazole rings is 1. The number of nitrogens with one attached hydrogen (secondary N) is 1. The largest absolute Gasteiger partial charge is 0.396 e. The highest BCUT2D eigenvalue weighted by molar-refractivity contribution is 5.71. The van der Waals surface area contributed by atoms with Gasteiger partial charge in [0.2, 0.25) is 0 Å². The number of nitrogens with zero attached hydrogens (tertiary/aromatic N) is 3. The van der Waals surface area contributed by atoms with Crippen LogP contribution < -0.4 is 5.32 Å². The summed E-state index contributed by atoms with van der Waals surface area (Å²) in [5, 5.41) is 12.4. The molecule has 3 heterocycles. The Labute approximate surface area is 112 Å². The Balaban J connectivity index is 1.92. The molecule has 1 fully saturated rings. The maximum absolute atomic E-state index is 9.01. The van der Waals surface area contributed by atoms with Crippen LogP contribution in [0.25, 0.3) is 11.2 Å². The van der Waals surface area contributed by atoms with E-state index in [1.54, 1.807) is 0 Å². The fourth-order valence-corrected chi connectivity index (χ4v) is 2.75. The summed E-state index contributed by atoms with van der Waals surface area (Å²) in [5.41, 5.74) is 1.93. The zero-order chi connectivity index (χ0) is 13.1. The standard InChI is InChI=1S/C14H20N4O/c19-8-2-4-13-17-12-3-1-6-16-14(12)18(13)10-11-5-7-15-9-11/h1,3,6,11,15,19H,2,4-5,7-10H2. The Bertz CT molecular complexity index is 545. The van der Waals surface area contributed by atoms with Gasteiger partial charge in [-0.2, -0.15) is 0 Å². The van der Waals surface area contributed by atoms with E-state index in [-0.39, 0.29) is 6.61 Å². The van der Waals surface area contributed by atoms with Gasteiger partial charge in [-0.3, -0.25) is 0 Å². The lowest BCUT2D eigenvalue weighted by Gasteiger charge is -2.12. The van der Waals surface area contributed by atoms with Crippen LogP contribution in [0.2, 0.25) is 0 Å². The molecule has 1 saturated heterocycles. The Hall–Kier alpha value is -1.46. The van der Waals surface area contributed by atoms with Crippen LogP contribution in [0.15, 0.2) is 18.3 Å². The lowest BCUT2D eigenvalue weighted by Crippen LogP contribution is -2.16. The molecule has 1 atom stereocenters. The Morgan fingerprint density at radius 1 is 1.47 bits per heavy atom. The first-order valence-corrected chi connectivity index (χ1v) is 7.00. The fourth-order valence-electron chi connectivity index (χ4n) is 2.75. The second-order valence-electron chi connectivity index (χ2n) is 5.17. The summed E-state index contributed by atoms with van der Waals surface area (Å²) < 4.78 is 2.24. The summed E-state index contributed by atoms with van der Waals surface area (Å²) in [4.78, 5) is 9.13. The van der Waals surface area contributed by atoms with E-state index >= 15 is 0 Å². The van der Waals surface area contributed by atoms with E-state index in [2.05, 4.69) is 19.9 Å². The van der Waals surface area contributed by atoms with Gasteiger partial charge >= 0.3 is 0 Å². The van der Waals surface area contributed by atoms with Crippen LogP contribution in [0.5, 0.6) is 0 Å². The molecule has 0 aromatic carbocycles. The molecule has 2 N–H and O–H groups in total. The second kappa shape index (κ2) is 5.67. The molecular weight excluding hydrogens is 240 g/mol. The Morgan fingerprint density at radius 2 is 2.42 bits per heavy atom. The smallest absolute Gasteiger partial charge is 0.159 e. The molecule has 0 amide bonds. The molecule has 2 aromatic rings. The van der Waals surface area contributed by atoms with Crippen LogP contribution in [0.1, 0.15) is 18.7 Å². The number of rotatable bonds is 5. The van der Waals surface area contributed by atoms with Gasteiger partial charge in [0.15, 0.2) is 5.65 Å². The van der Waals surface area contributed by atoms with Crippen LogP contribution in [0, 0.1) is 5.92 Å². The van der Waals surface area contributed by atoms with Gasteiger partial charge in [0.25, 0.3) is 0 Å². The molecule has 1 aliphatic heterocycles. The molecule has 5 nitrogen and oxygen atoms in total. The third-order valence-electron chi connectivity index (χ3n) is 3.74. The van der Waals surface area contributed by atoms with Gasteiger partial charge in [-0.05, 0) is 44.0 Å². The van der Waals surface area contributed by atoms with Crippen molar-refractivity contribution in [3.05, 3.63) is 24.2 Å². The number of fused-ring (bicyclic) bond motifs is 1. The van der Waals surface area contributed by atoms with E-state index in [0.717, 1.165) is 49.5 Å². The number of aromatic nitrogens is 3. The highest BCUT2D eigenvalue weighted by Gasteiger charge is 2.19. The van der Waals surface area contributed by atoms with Crippen molar-refractivity contribution < 1.29 is 5.11 Å². The summed E-state index contributed by atoms with van der Waals surface area (Å²) in [6.45, 7) is 3.37. The van der Waals surface area contributed by atoms with Gasteiger partial charge < -0.3 is 15.0 Å². The van der Waals surface area contributed by atoms with Gasteiger partial charge in [0.1, 0.15) is 11.3 Å². The monoisotopic (exact) mass is 260 g/mol. The molecular formula is C14H20N4O. The van der Waals surface area contributed by atoms with Gasteiger partial charge in [-0.25, -0.2) is 9.97 Å². The average molecular weight is 260 g/mol. The van der Waals surface area contributed by atoms with Crippen molar-refractivity contribution in [3.63, 3.8) is 0 Å². The summed E-state index contributed by atoms with van der Waals surface area (Å²) >= 11 is 0. The van der Waals surface area contributed by atoms with Crippen LogP contribution in [-0.2, 0) is 13.0 Å². The minimum atomic E-state index is 0.210. The van der Waals surface area contributed by atoms with E-state index in [0.29, 0.717) is 5.92 Å². The molecule has 102 valence electrons. The van der Waals surface area contributed by atoms with Crippen LogP contribution in [0.3, 0.4) is 0 Å². The van der Waals surface area contributed by atoms with Crippen molar-refractivity contribution in [2.24, 2.45) is 5.92 Å². The molecule has 1 aliphatic rings. The third kappa shape index (κ3) is 2.62. The maximum atomic E-state index is 9.01. The zero-order valence-corrected chi connectivity index (χ0v) is 11.0. The van der Waals surface area contributed by atoms with Crippen LogP contribution in [-0.4, -0.2) is 39.3 Å². The van der Waals surface area contributed by atoms with Crippen molar-refractivity contribution in [1.29, 1.82) is 0 Å². The fraction of sp³-hybridized carbons (Fsp3) is 0.571. The first-order chi connectivity index (χ1) is 9.38. The van der Waals surface area contributed by atoms with Crippen LogP contribution >= 0.6 is 0 Å². The lowest BCUT2D eigenvalue weighted by molar-refractivity contribution is 0.286. The van der Waals surface area contributed by atoms with E-state index in [9.17, 15) is 0 Å². The van der Waals surface area contributed by atoms with Crippen LogP contribution in [0.4, 0.5) is 0 Å². The van der Waals surface area contributed by atoms with E-state index in [4.69, 9.17) is 5.11 Å². The SMILES string of the molecule is OCCCc1nc2cccnc2n1CC1CCNC1. The number of pyridine rings is 1. The first-order valence-electron chi connectivity index (χ1n) is 7.00. The molecule has 0 spiro atoms.